The van der Waals surface area contributed by atoms with E-state index in [0.29, 0.717) is 18.4 Å². The lowest BCUT2D eigenvalue weighted by Gasteiger charge is -2.36. The molecule has 2 aromatic carbocycles. The smallest absolute Gasteiger partial charge is 0.229 e. The second kappa shape index (κ2) is 10.7. The second-order valence-electron chi connectivity index (χ2n) is 8.40. The second-order valence-corrected chi connectivity index (χ2v) is 12.1. The van der Waals surface area contributed by atoms with Gasteiger partial charge in [0, 0.05) is 50.1 Å². The van der Waals surface area contributed by atoms with Crippen LogP contribution in [0.1, 0.15) is 29.6 Å². The standard InChI is InChI=1S/C23H31N3O5S2/c1-32(28,29)23-12-11-19(18-21(23)24-33(2,30)31)22(27)10-6-7-13-25-14-16-26(17-15-25)20-8-4-3-5-9-20/h3-5,8-9,11-12,18,24H,6-7,10,13-17H2,1-2H3. The molecule has 0 amide bonds. The number of hydrogen-bond acceptors (Lipinski definition) is 7. The Morgan fingerprint density at radius 3 is 2.18 bits per heavy atom. The molecule has 1 fully saturated rings. The molecule has 0 aliphatic carbocycles. The van der Waals surface area contributed by atoms with E-state index in [-0.39, 0.29) is 16.4 Å². The van der Waals surface area contributed by atoms with Crippen molar-refractivity contribution in [2.45, 2.75) is 24.2 Å². The topological polar surface area (TPSA) is 104 Å². The van der Waals surface area contributed by atoms with Crippen LogP contribution >= 0.6 is 0 Å². The van der Waals surface area contributed by atoms with Gasteiger partial charge in [0.1, 0.15) is 0 Å². The van der Waals surface area contributed by atoms with Crippen LogP contribution < -0.4 is 9.62 Å². The number of carbonyl (C=O) groups is 1. The first kappa shape index (κ1) is 25.2. The van der Waals surface area contributed by atoms with Gasteiger partial charge in [-0.15, -0.1) is 0 Å². The maximum atomic E-state index is 12.6. The van der Waals surface area contributed by atoms with Gasteiger partial charge in [0.2, 0.25) is 10.0 Å². The number of nitrogens with one attached hydrogen (secondary N) is 1. The van der Waals surface area contributed by atoms with Crippen LogP contribution in [0, 0.1) is 0 Å². The van der Waals surface area contributed by atoms with E-state index in [4.69, 9.17) is 0 Å². The number of nitrogens with zero attached hydrogens (tertiary/aromatic N) is 2. The van der Waals surface area contributed by atoms with Crippen molar-refractivity contribution in [2.24, 2.45) is 0 Å². The molecule has 0 bridgehead atoms. The summed E-state index contributed by atoms with van der Waals surface area (Å²) in [6.07, 6.45) is 3.85. The minimum atomic E-state index is -3.69. The van der Waals surface area contributed by atoms with Crippen molar-refractivity contribution in [3.8, 4) is 0 Å². The van der Waals surface area contributed by atoms with Gasteiger partial charge in [-0.2, -0.15) is 0 Å². The molecule has 8 nitrogen and oxygen atoms in total. The summed E-state index contributed by atoms with van der Waals surface area (Å²) in [5.74, 6) is -0.138. The highest BCUT2D eigenvalue weighted by Crippen LogP contribution is 2.25. The summed E-state index contributed by atoms with van der Waals surface area (Å²) < 4.78 is 49.4. The van der Waals surface area contributed by atoms with Crippen LogP contribution in [0.25, 0.3) is 0 Å². The average molecular weight is 494 g/mol. The number of anilines is 2. The molecule has 1 heterocycles. The summed E-state index contributed by atoms with van der Waals surface area (Å²) in [5.41, 5.74) is 1.45. The van der Waals surface area contributed by atoms with Crippen molar-refractivity contribution in [2.75, 3.05) is 54.9 Å². The zero-order chi connectivity index (χ0) is 24.1. The number of Topliss-reactive ketones (excluding diaryl/α,β-unsaturated/α-hetero) is 1. The molecule has 1 saturated heterocycles. The fourth-order valence-electron chi connectivity index (χ4n) is 3.94. The Labute approximate surface area is 196 Å². The lowest BCUT2D eigenvalue weighted by Crippen LogP contribution is -2.46. The number of benzene rings is 2. The number of unbranched alkanes of at least 4 members (excludes halogenated alkanes) is 1. The molecule has 0 radical (unpaired) electrons. The van der Waals surface area contributed by atoms with E-state index in [1.807, 2.05) is 18.2 Å². The molecule has 10 heteroatoms. The van der Waals surface area contributed by atoms with Crippen molar-refractivity contribution < 1.29 is 21.6 Å². The molecule has 0 unspecified atom stereocenters. The van der Waals surface area contributed by atoms with Gasteiger partial charge in [-0.25, -0.2) is 16.8 Å². The lowest BCUT2D eigenvalue weighted by molar-refractivity contribution is 0.0977. The molecular formula is C23H31N3O5S2. The Morgan fingerprint density at radius 1 is 0.909 bits per heavy atom. The number of sulfone groups is 1. The Balaban J connectivity index is 1.49. The Bertz CT molecular complexity index is 1170. The normalized spacial score (nSPS) is 15.4. The van der Waals surface area contributed by atoms with Gasteiger partial charge in [-0.1, -0.05) is 18.2 Å². The van der Waals surface area contributed by atoms with Gasteiger partial charge in [-0.3, -0.25) is 14.4 Å². The fourth-order valence-corrected chi connectivity index (χ4v) is 5.40. The summed E-state index contributed by atoms with van der Waals surface area (Å²) in [6.45, 7) is 4.84. The van der Waals surface area contributed by atoms with Crippen LogP contribution in [0.5, 0.6) is 0 Å². The molecule has 33 heavy (non-hydrogen) atoms. The summed E-state index contributed by atoms with van der Waals surface area (Å²) >= 11 is 0. The first-order valence-corrected chi connectivity index (χ1v) is 14.7. The average Bonchev–Trinajstić information content (AvgIpc) is 2.75. The Hall–Kier alpha value is -2.43. The van der Waals surface area contributed by atoms with Gasteiger partial charge in [0.25, 0.3) is 0 Å². The molecular weight excluding hydrogens is 462 g/mol. The third-order valence-corrected chi connectivity index (χ3v) is 7.36. The van der Waals surface area contributed by atoms with Gasteiger partial charge >= 0.3 is 0 Å². The predicted molar refractivity (Wildman–Crippen MR) is 131 cm³/mol. The molecule has 0 spiro atoms. The highest BCUT2D eigenvalue weighted by Gasteiger charge is 2.19. The number of carbonyl (C=O) groups excluding carboxylic acids is 1. The minimum Gasteiger partial charge on any atom is -0.369 e. The summed E-state index contributed by atoms with van der Waals surface area (Å²) in [7, 11) is -7.34. The number of hydrogen-bond donors (Lipinski definition) is 1. The van der Waals surface area contributed by atoms with Crippen LogP contribution in [0.2, 0.25) is 0 Å². The molecule has 3 rings (SSSR count). The third-order valence-electron chi connectivity index (χ3n) is 5.62. The molecule has 0 aromatic heterocycles. The van der Waals surface area contributed by atoms with Crippen molar-refractivity contribution in [3.05, 3.63) is 54.1 Å². The molecule has 1 N–H and O–H groups in total. The molecule has 180 valence electrons. The van der Waals surface area contributed by atoms with E-state index >= 15 is 0 Å². The zero-order valence-electron chi connectivity index (χ0n) is 19.0. The highest BCUT2D eigenvalue weighted by molar-refractivity contribution is 7.92. The monoisotopic (exact) mass is 493 g/mol. The first-order chi connectivity index (χ1) is 15.5. The van der Waals surface area contributed by atoms with Gasteiger partial charge in [0.05, 0.1) is 16.8 Å². The third kappa shape index (κ3) is 7.55. The van der Waals surface area contributed by atoms with Crippen molar-refractivity contribution in [3.63, 3.8) is 0 Å². The van der Waals surface area contributed by atoms with E-state index < -0.39 is 19.9 Å². The predicted octanol–water partition coefficient (Wildman–Crippen LogP) is 2.64. The Kier molecular flexibility index (Phi) is 8.14. The highest BCUT2D eigenvalue weighted by atomic mass is 32.2. The molecule has 2 aromatic rings. The number of para-hydroxylation sites is 1. The van der Waals surface area contributed by atoms with Crippen LogP contribution in [-0.2, 0) is 19.9 Å². The van der Waals surface area contributed by atoms with Gasteiger partial charge in [-0.05, 0) is 49.7 Å². The summed E-state index contributed by atoms with van der Waals surface area (Å²) in [6, 6.07) is 14.4. The SMILES string of the molecule is CS(=O)(=O)Nc1cc(C(=O)CCCCN2CCN(c3ccccc3)CC2)ccc1S(C)(=O)=O. The molecule has 1 aliphatic rings. The van der Waals surface area contributed by atoms with E-state index in [1.165, 1.54) is 23.9 Å². The van der Waals surface area contributed by atoms with Crippen LogP contribution in [-0.4, -0.2) is 72.8 Å². The van der Waals surface area contributed by atoms with Gasteiger partial charge < -0.3 is 4.90 Å². The number of piperazine rings is 1. The lowest BCUT2D eigenvalue weighted by atomic mass is 10.0. The molecule has 1 aliphatic heterocycles. The van der Waals surface area contributed by atoms with Gasteiger partial charge in [0.15, 0.2) is 15.6 Å². The number of ketones is 1. The minimum absolute atomic E-state index is 0.0952. The summed E-state index contributed by atoms with van der Waals surface area (Å²) in [5, 5.41) is 0. The Morgan fingerprint density at radius 2 is 1.58 bits per heavy atom. The van der Waals surface area contributed by atoms with Crippen LogP contribution in [0.15, 0.2) is 53.4 Å². The quantitative estimate of drug-likeness (QED) is 0.401. The maximum absolute atomic E-state index is 12.6. The van der Waals surface area contributed by atoms with Crippen molar-refractivity contribution in [1.29, 1.82) is 0 Å². The van der Waals surface area contributed by atoms with E-state index in [1.54, 1.807) is 0 Å². The van der Waals surface area contributed by atoms with E-state index in [9.17, 15) is 21.6 Å². The molecule has 0 atom stereocenters. The number of rotatable bonds is 10. The van der Waals surface area contributed by atoms with E-state index in [0.717, 1.165) is 51.7 Å². The largest absolute Gasteiger partial charge is 0.369 e. The maximum Gasteiger partial charge on any atom is 0.229 e. The summed E-state index contributed by atoms with van der Waals surface area (Å²) in [4.78, 5) is 17.3. The zero-order valence-corrected chi connectivity index (χ0v) is 20.7. The first-order valence-electron chi connectivity index (χ1n) is 10.9. The molecule has 0 saturated carbocycles. The van der Waals surface area contributed by atoms with Crippen LogP contribution in [0.4, 0.5) is 11.4 Å². The van der Waals surface area contributed by atoms with Crippen LogP contribution in [0.3, 0.4) is 0 Å². The fraction of sp³-hybridized carbons (Fsp3) is 0.435. The van der Waals surface area contributed by atoms with Crippen molar-refractivity contribution in [1.82, 2.24) is 4.90 Å². The van der Waals surface area contributed by atoms with E-state index in [2.05, 4.69) is 26.7 Å². The number of sulfonamides is 1. The van der Waals surface area contributed by atoms with Crippen molar-refractivity contribution >= 4 is 37.0 Å².